The largest absolute Gasteiger partial charge is 3.00 e. The molecular formula is C66H50IrN7. The van der Waals surface area contributed by atoms with Gasteiger partial charge in [0.2, 0.25) is 0 Å². The topological polar surface area (TPSA) is 81.8 Å². The Morgan fingerprint density at radius 1 is 0.405 bits per heavy atom. The fourth-order valence-corrected chi connectivity index (χ4v) is 9.89. The van der Waals surface area contributed by atoms with E-state index in [0.29, 0.717) is 0 Å². The summed E-state index contributed by atoms with van der Waals surface area (Å²) < 4.78 is 2.12. The van der Waals surface area contributed by atoms with Crippen molar-refractivity contribution in [1.82, 2.24) is 34.3 Å². The van der Waals surface area contributed by atoms with Crippen molar-refractivity contribution in [3.8, 4) is 89.3 Å². The van der Waals surface area contributed by atoms with Crippen molar-refractivity contribution in [3.63, 3.8) is 0 Å². The molecule has 7 aromatic carbocycles. The standard InChI is InChI=1S/C66H50N7.Ir/c1-65(2,3)61-38-58(69-40-71-61)44-25-21-42(22-26-44)50-14-7-10-17-53(50)47-34-48(54-18-11-8-15-51(54)43-23-27-45(28-24-43)59-39-62(66(4,5)6)72-41-70-59)36-49(35-47)55-19-12-9-16-52(55)46-29-30-56-57(37-46)64-68-32-33-73(64)60-20-13-31-67-63(56)60;/h7-25,27,29,31-41H,1-6H3;/q-3;+3. The summed E-state index contributed by atoms with van der Waals surface area (Å²) >= 11 is 0. The van der Waals surface area contributed by atoms with E-state index in [0.717, 1.165) is 128 Å². The molecule has 358 valence electrons. The van der Waals surface area contributed by atoms with Crippen molar-refractivity contribution < 1.29 is 20.1 Å². The van der Waals surface area contributed by atoms with Gasteiger partial charge in [0, 0.05) is 51.8 Å². The molecule has 0 aliphatic carbocycles. The molecule has 12 aromatic rings. The first-order valence-electron chi connectivity index (χ1n) is 24.6. The van der Waals surface area contributed by atoms with Crippen molar-refractivity contribution in [3.05, 3.63) is 225 Å². The number of hydrogen-bond donors (Lipinski definition) is 0. The number of pyridine rings is 2. The van der Waals surface area contributed by atoms with Crippen molar-refractivity contribution in [1.29, 1.82) is 0 Å². The van der Waals surface area contributed by atoms with Gasteiger partial charge in [0.15, 0.2) is 0 Å². The monoisotopic (exact) mass is 1130 g/mol. The third kappa shape index (κ3) is 9.01. The first-order chi connectivity index (χ1) is 35.4. The molecule has 0 spiro atoms. The van der Waals surface area contributed by atoms with E-state index in [2.05, 4.69) is 242 Å². The molecule has 5 heterocycles. The van der Waals surface area contributed by atoms with Crippen LogP contribution in [0.1, 0.15) is 52.9 Å². The van der Waals surface area contributed by atoms with E-state index >= 15 is 0 Å². The predicted molar refractivity (Wildman–Crippen MR) is 297 cm³/mol. The number of rotatable bonds is 8. The van der Waals surface area contributed by atoms with Crippen LogP contribution in [0.2, 0.25) is 0 Å². The second kappa shape index (κ2) is 19.3. The van der Waals surface area contributed by atoms with Crippen LogP contribution in [0.5, 0.6) is 0 Å². The van der Waals surface area contributed by atoms with Crippen LogP contribution in [0, 0.1) is 18.2 Å². The zero-order chi connectivity index (χ0) is 49.8. The maximum Gasteiger partial charge on any atom is 3.00 e. The molecule has 0 radical (unpaired) electrons. The average Bonchev–Trinajstić information content (AvgIpc) is 3.94. The number of aromatic nitrogens is 7. The third-order valence-electron chi connectivity index (χ3n) is 13.7. The van der Waals surface area contributed by atoms with Crippen LogP contribution in [-0.4, -0.2) is 34.3 Å². The Balaban J connectivity index is 0.00000588. The molecule has 0 bridgehead atoms. The van der Waals surface area contributed by atoms with Crippen molar-refractivity contribution >= 4 is 27.5 Å². The van der Waals surface area contributed by atoms with Gasteiger partial charge in [-0.1, -0.05) is 165 Å². The average molecular weight is 1130 g/mol. The quantitative estimate of drug-likeness (QED) is 0.111. The van der Waals surface area contributed by atoms with E-state index in [1.54, 1.807) is 12.7 Å². The Bertz CT molecular complexity index is 3890. The number of imidazole rings is 1. The van der Waals surface area contributed by atoms with Gasteiger partial charge in [0.25, 0.3) is 0 Å². The normalized spacial score (nSPS) is 11.8. The number of benzene rings is 7. The zero-order valence-electron chi connectivity index (χ0n) is 41.9. The minimum Gasteiger partial charge on any atom is -0.314 e. The maximum atomic E-state index is 4.83. The minimum absolute atomic E-state index is 0. The molecule has 5 aromatic heterocycles. The molecule has 0 saturated carbocycles. The summed E-state index contributed by atoms with van der Waals surface area (Å²) in [6, 6.07) is 69.1. The van der Waals surface area contributed by atoms with E-state index in [1.165, 1.54) is 0 Å². The van der Waals surface area contributed by atoms with Crippen LogP contribution in [0.3, 0.4) is 0 Å². The summed E-state index contributed by atoms with van der Waals surface area (Å²) in [5.74, 6) is 0. The molecule has 0 amide bonds. The van der Waals surface area contributed by atoms with Gasteiger partial charge in [-0.05, 0) is 75.1 Å². The fourth-order valence-electron chi connectivity index (χ4n) is 9.89. The van der Waals surface area contributed by atoms with Crippen LogP contribution in [0.15, 0.2) is 195 Å². The molecule has 74 heavy (non-hydrogen) atoms. The zero-order valence-corrected chi connectivity index (χ0v) is 44.3. The second-order valence-electron chi connectivity index (χ2n) is 20.7. The van der Waals surface area contributed by atoms with Gasteiger partial charge in [-0.25, -0.2) is 15.0 Å². The molecule has 7 nitrogen and oxygen atoms in total. The van der Waals surface area contributed by atoms with E-state index < -0.39 is 0 Å². The molecular weight excluding hydrogens is 1080 g/mol. The van der Waals surface area contributed by atoms with E-state index in [1.807, 2.05) is 24.7 Å². The molecule has 0 aliphatic rings. The number of nitrogens with zero attached hydrogens (tertiary/aromatic N) is 7. The SMILES string of the molecule is CC(C)(C)c1cc(-c2[c-]cc(-c3ccccc3-c3cc(-c4ccccc4-c4c[c-]c(-c5cc(C(C)(C)C)ncn5)cc4)cc(-c4ccccc4-c4c[c-]c5c(c4)c4nccn4c4cccnc54)c3)cc2)ncn1.[Ir+3]. The Hall–Kier alpha value is -8.29. The summed E-state index contributed by atoms with van der Waals surface area (Å²) in [4.78, 5) is 28.0. The van der Waals surface area contributed by atoms with Crippen LogP contribution in [0.25, 0.3) is 117 Å². The molecule has 12 rings (SSSR count). The van der Waals surface area contributed by atoms with Gasteiger partial charge < -0.3 is 9.38 Å². The maximum absolute atomic E-state index is 4.83. The van der Waals surface area contributed by atoms with Crippen molar-refractivity contribution in [2.75, 3.05) is 0 Å². The van der Waals surface area contributed by atoms with Crippen LogP contribution in [0.4, 0.5) is 0 Å². The van der Waals surface area contributed by atoms with Gasteiger partial charge in [-0.2, -0.15) is 0 Å². The summed E-state index contributed by atoms with van der Waals surface area (Å²) in [6.45, 7) is 13.0. The summed E-state index contributed by atoms with van der Waals surface area (Å²) in [5, 5.41) is 1.94. The van der Waals surface area contributed by atoms with Crippen LogP contribution >= 0.6 is 0 Å². The molecule has 0 saturated heterocycles. The fraction of sp³-hybridized carbons (Fsp3) is 0.121. The summed E-state index contributed by atoms with van der Waals surface area (Å²) in [5.41, 5.74) is 21.1. The van der Waals surface area contributed by atoms with Gasteiger partial charge >= 0.3 is 20.1 Å². The smallest absolute Gasteiger partial charge is 0.314 e. The van der Waals surface area contributed by atoms with E-state index in [9.17, 15) is 0 Å². The van der Waals surface area contributed by atoms with Crippen molar-refractivity contribution in [2.45, 2.75) is 52.4 Å². The Morgan fingerprint density at radius 3 is 1.32 bits per heavy atom. The third-order valence-corrected chi connectivity index (χ3v) is 13.7. The first-order valence-corrected chi connectivity index (χ1v) is 24.6. The van der Waals surface area contributed by atoms with Gasteiger partial charge in [-0.3, -0.25) is 9.97 Å². The summed E-state index contributed by atoms with van der Waals surface area (Å²) in [7, 11) is 0. The second-order valence-corrected chi connectivity index (χ2v) is 20.7. The Morgan fingerprint density at radius 2 is 0.865 bits per heavy atom. The molecule has 8 heteroatoms. The summed E-state index contributed by atoms with van der Waals surface area (Å²) in [6.07, 6.45) is 9.00. The van der Waals surface area contributed by atoms with Crippen LogP contribution in [-0.2, 0) is 30.9 Å². The molecule has 0 unspecified atom stereocenters. The Kier molecular flexibility index (Phi) is 12.5. The van der Waals surface area contributed by atoms with E-state index in [4.69, 9.17) is 9.97 Å². The molecule has 0 fully saturated rings. The minimum atomic E-state index is -0.100. The first kappa shape index (κ1) is 48.0. The molecule has 0 N–H and O–H groups in total. The van der Waals surface area contributed by atoms with E-state index in [-0.39, 0.29) is 30.9 Å². The Labute approximate surface area is 445 Å². The number of hydrogen-bond acceptors (Lipinski definition) is 6. The van der Waals surface area contributed by atoms with Crippen molar-refractivity contribution in [2.24, 2.45) is 0 Å². The van der Waals surface area contributed by atoms with Gasteiger partial charge in [0.05, 0.1) is 0 Å². The van der Waals surface area contributed by atoms with Crippen LogP contribution < -0.4 is 0 Å². The predicted octanol–water partition coefficient (Wildman–Crippen LogP) is 15.9. The van der Waals surface area contributed by atoms with Gasteiger partial charge in [0.1, 0.15) is 18.3 Å². The molecule has 0 aliphatic heterocycles. The number of fused-ring (bicyclic) bond motifs is 6. The molecule has 0 atom stereocenters. The van der Waals surface area contributed by atoms with Gasteiger partial charge in [-0.15, -0.1) is 83.2 Å².